The Morgan fingerprint density at radius 1 is 0.955 bits per heavy atom. The minimum atomic E-state index is 0.367. The maximum Gasteiger partial charge on any atom is 0.118 e. The van der Waals surface area contributed by atoms with Crippen LogP contribution in [-0.4, -0.2) is 7.11 Å². The molecule has 0 radical (unpaired) electrons. The first-order chi connectivity index (χ1) is 10.9. The minimum absolute atomic E-state index is 0.367. The van der Waals surface area contributed by atoms with E-state index in [4.69, 9.17) is 4.74 Å². The van der Waals surface area contributed by atoms with Gasteiger partial charge >= 0.3 is 0 Å². The van der Waals surface area contributed by atoms with Gasteiger partial charge in [0.1, 0.15) is 5.75 Å². The van der Waals surface area contributed by atoms with Crippen LogP contribution in [0.15, 0.2) is 72.1 Å². The van der Waals surface area contributed by atoms with E-state index in [1.807, 2.05) is 35.2 Å². The van der Waals surface area contributed by atoms with Crippen LogP contribution in [0.25, 0.3) is 0 Å². The van der Waals surface area contributed by atoms with Crippen molar-refractivity contribution in [1.82, 2.24) is 0 Å². The molecule has 22 heavy (non-hydrogen) atoms. The summed E-state index contributed by atoms with van der Waals surface area (Å²) in [5, 5.41) is 2.51. The predicted molar refractivity (Wildman–Crippen MR) is 96.9 cm³/mol. The van der Waals surface area contributed by atoms with E-state index in [0.29, 0.717) is 5.25 Å². The van der Waals surface area contributed by atoms with Crippen LogP contribution < -0.4 is 4.74 Å². The van der Waals surface area contributed by atoms with Gasteiger partial charge < -0.3 is 4.74 Å². The van der Waals surface area contributed by atoms with Crippen LogP contribution in [0.1, 0.15) is 21.3 Å². The second kappa shape index (κ2) is 7.52. The maximum atomic E-state index is 5.26. The summed E-state index contributed by atoms with van der Waals surface area (Å²) in [5.74, 6) is 1.91. The molecular weight excluding hydrogens is 308 g/mol. The molecule has 0 spiro atoms. The topological polar surface area (TPSA) is 9.23 Å². The Bertz CT molecular complexity index is 675. The van der Waals surface area contributed by atoms with Crippen molar-refractivity contribution < 1.29 is 4.74 Å². The van der Waals surface area contributed by atoms with Gasteiger partial charge in [0.15, 0.2) is 0 Å². The highest BCUT2D eigenvalue weighted by atomic mass is 32.2. The van der Waals surface area contributed by atoms with Crippen molar-refractivity contribution in [2.75, 3.05) is 7.11 Å². The van der Waals surface area contributed by atoms with Crippen LogP contribution in [0.4, 0.5) is 0 Å². The van der Waals surface area contributed by atoms with Gasteiger partial charge in [-0.05, 0) is 34.7 Å². The quantitative estimate of drug-likeness (QED) is 0.568. The highest BCUT2D eigenvalue weighted by Crippen LogP contribution is 2.40. The summed E-state index contributed by atoms with van der Waals surface area (Å²) in [7, 11) is 1.70. The molecule has 0 amide bonds. The number of thiophene rings is 1. The number of thioether (sulfide) groups is 1. The second-order valence-electron chi connectivity index (χ2n) is 4.97. The Kier molecular flexibility index (Phi) is 5.20. The fourth-order valence-corrected chi connectivity index (χ4v) is 4.56. The van der Waals surface area contributed by atoms with Gasteiger partial charge in [0, 0.05) is 10.6 Å². The van der Waals surface area contributed by atoms with Gasteiger partial charge in [-0.2, -0.15) is 0 Å². The summed E-state index contributed by atoms with van der Waals surface area (Å²) in [4.78, 5) is 1.39. The van der Waals surface area contributed by atoms with Crippen LogP contribution in [0.3, 0.4) is 0 Å². The van der Waals surface area contributed by atoms with Crippen molar-refractivity contribution in [2.45, 2.75) is 11.0 Å². The monoisotopic (exact) mass is 326 g/mol. The summed E-state index contributed by atoms with van der Waals surface area (Å²) >= 11 is 3.79. The first-order valence-electron chi connectivity index (χ1n) is 7.19. The Balaban J connectivity index is 1.81. The Morgan fingerprint density at radius 3 is 2.36 bits per heavy atom. The lowest BCUT2D eigenvalue weighted by Crippen LogP contribution is -1.96. The van der Waals surface area contributed by atoms with E-state index < -0.39 is 0 Å². The van der Waals surface area contributed by atoms with E-state index in [2.05, 4.69) is 60.0 Å². The van der Waals surface area contributed by atoms with Gasteiger partial charge in [-0.15, -0.1) is 23.1 Å². The average Bonchev–Trinajstić information content (AvgIpc) is 3.11. The molecule has 0 fully saturated rings. The normalized spacial score (nSPS) is 12.0. The highest BCUT2D eigenvalue weighted by molar-refractivity contribution is 7.99. The first-order valence-corrected chi connectivity index (χ1v) is 9.12. The van der Waals surface area contributed by atoms with E-state index in [0.717, 1.165) is 11.5 Å². The van der Waals surface area contributed by atoms with Crippen molar-refractivity contribution in [3.05, 3.63) is 88.1 Å². The number of ether oxygens (including phenoxy) is 1. The molecule has 0 aliphatic rings. The van der Waals surface area contributed by atoms with Gasteiger partial charge in [0.05, 0.1) is 12.4 Å². The maximum absolute atomic E-state index is 5.26. The molecule has 3 heteroatoms. The SMILES string of the molecule is COc1ccc(C(SCc2ccccc2)c2cccs2)cc1. The predicted octanol–water partition coefficient (Wildman–Crippen LogP) is 5.78. The van der Waals surface area contributed by atoms with Crippen molar-refractivity contribution >= 4 is 23.1 Å². The molecule has 0 aliphatic heterocycles. The van der Waals surface area contributed by atoms with Crippen LogP contribution in [-0.2, 0) is 5.75 Å². The summed E-state index contributed by atoms with van der Waals surface area (Å²) < 4.78 is 5.26. The third kappa shape index (κ3) is 3.73. The lowest BCUT2D eigenvalue weighted by Gasteiger charge is -2.16. The zero-order chi connectivity index (χ0) is 15.2. The van der Waals surface area contributed by atoms with E-state index in [9.17, 15) is 0 Å². The molecule has 0 aliphatic carbocycles. The second-order valence-corrected chi connectivity index (χ2v) is 7.04. The molecule has 0 saturated carbocycles. The lowest BCUT2D eigenvalue weighted by atomic mass is 10.1. The molecule has 1 heterocycles. The van der Waals surface area contributed by atoms with Crippen molar-refractivity contribution in [2.24, 2.45) is 0 Å². The average molecular weight is 326 g/mol. The molecule has 1 atom stereocenters. The van der Waals surface area contributed by atoms with Crippen molar-refractivity contribution in [3.8, 4) is 5.75 Å². The number of rotatable bonds is 6. The van der Waals surface area contributed by atoms with E-state index in [1.165, 1.54) is 16.0 Å². The largest absolute Gasteiger partial charge is 0.497 e. The molecule has 0 bridgehead atoms. The summed E-state index contributed by atoms with van der Waals surface area (Å²) in [5.41, 5.74) is 2.69. The summed E-state index contributed by atoms with van der Waals surface area (Å²) in [6.07, 6.45) is 0. The third-order valence-electron chi connectivity index (χ3n) is 3.48. The molecule has 0 saturated heterocycles. The molecule has 3 rings (SSSR count). The van der Waals surface area contributed by atoms with Crippen LogP contribution in [0.2, 0.25) is 0 Å². The third-order valence-corrected chi connectivity index (χ3v) is 5.93. The lowest BCUT2D eigenvalue weighted by molar-refractivity contribution is 0.414. The molecular formula is C19H18OS2. The summed E-state index contributed by atoms with van der Waals surface area (Å²) in [6.45, 7) is 0. The number of hydrogen-bond donors (Lipinski definition) is 0. The molecule has 0 N–H and O–H groups in total. The molecule has 1 aromatic heterocycles. The standard InChI is InChI=1S/C19H18OS2/c1-20-17-11-9-16(10-12-17)19(18-8-5-13-21-18)22-14-15-6-3-2-4-7-15/h2-13,19H,14H2,1H3. The van der Waals surface area contributed by atoms with Crippen LogP contribution >= 0.6 is 23.1 Å². The molecule has 1 nitrogen and oxygen atoms in total. The van der Waals surface area contributed by atoms with Crippen LogP contribution in [0.5, 0.6) is 5.75 Å². The summed E-state index contributed by atoms with van der Waals surface area (Å²) in [6, 6.07) is 23.4. The minimum Gasteiger partial charge on any atom is -0.497 e. The fraction of sp³-hybridized carbons (Fsp3) is 0.158. The zero-order valence-electron chi connectivity index (χ0n) is 12.4. The number of methoxy groups -OCH3 is 1. The fourth-order valence-electron chi connectivity index (χ4n) is 2.32. The van der Waals surface area contributed by atoms with Gasteiger partial charge in [-0.1, -0.05) is 48.5 Å². The Morgan fingerprint density at radius 2 is 1.73 bits per heavy atom. The van der Waals surface area contributed by atoms with E-state index in [1.54, 1.807) is 7.11 Å². The van der Waals surface area contributed by atoms with E-state index >= 15 is 0 Å². The van der Waals surface area contributed by atoms with Crippen molar-refractivity contribution in [1.29, 1.82) is 0 Å². The van der Waals surface area contributed by atoms with Gasteiger partial charge in [-0.3, -0.25) is 0 Å². The number of benzene rings is 2. The number of hydrogen-bond acceptors (Lipinski definition) is 3. The first kappa shape index (κ1) is 15.2. The highest BCUT2D eigenvalue weighted by Gasteiger charge is 2.16. The molecule has 1 unspecified atom stereocenters. The Labute approximate surface area is 140 Å². The molecule has 3 aromatic rings. The van der Waals surface area contributed by atoms with Crippen LogP contribution in [0, 0.1) is 0 Å². The molecule has 112 valence electrons. The van der Waals surface area contributed by atoms with Gasteiger partial charge in [0.25, 0.3) is 0 Å². The van der Waals surface area contributed by atoms with Gasteiger partial charge in [0.2, 0.25) is 0 Å². The molecule has 2 aromatic carbocycles. The van der Waals surface area contributed by atoms with Crippen molar-refractivity contribution in [3.63, 3.8) is 0 Å². The van der Waals surface area contributed by atoms with Gasteiger partial charge in [-0.25, -0.2) is 0 Å². The zero-order valence-corrected chi connectivity index (χ0v) is 14.1. The van der Waals surface area contributed by atoms with E-state index in [-0.39, 0.29) is 0 Å². The smallest absolute Gasteiger partial charge is 0.118 e. The Hall–Kier alpha value is -1.71.